The first kappa shape index (κ1) is 18.1. The summed E-state index contributed by atoms with van der Waals surface area (Å²) in [5.41, 5.74) is 1.10. The number of carbonyl (C=O) groups excluding carboxylic acids is 2. The highest BCUT2D eigenvalue weighted by Gasteiger charge is 2.22. The highest BCUT2D eigenvalue weighted by atomic mass is 16.5. The van der Waals surface area contributed by atoms with Gasteiger partial charge in [0, 0.05) is 18.7 Å². The molecule has 1 aromatic rings. The maximum Gasteiger partial charge on any atom is 0.305 e. The molecule has 1 fully saturated rings. The number of quaternary nitrogens is 1. The van der Waals surface area contributed by atoms with Crippen molar-refractivity contribution in [3.8, 4) is 5.75 Å². The van der Waals surface area contributed by atoms with Crippen molar-refractivity contribution in [1.29, 1.82) is 0 Å². The van der Waals surface area contributed by atoms with Gasteiger partial charge in [0.25, 0.3) is 5.91 Å². The number of amides is 1. The van der Waals surface area contributed by atoms with Crippen LogP contribution < -0.4 is 15.1 Å². The fourth-order valence-electron chi connectivity index (χ4n) is 2.77. The number of ether oxygens (including phenoxy) is 1. The number of hydrogen-bond acceptors (Lipinski definition) is 5. The van der Waals surface area contributed by atoms with Gasteiger partial charge in [-0.1, -0.05) is 0 Å². The number of anilines is 1. The zero-order valence-electron chi connectivity index (χ0n) is 14.1. The first-order valence-corrected chi connectivity index (χ1v) is 8.29. The second-order valence-electron chi connectivity index (χ2n) is 5.96. The topological polar surface area (TPSA) is 83.3 Å². The molecule has 1 aliphatic rings. The minimum Gasteiger partial charge on any atom is -0.508 e. The lowest BCUT2D eigenvalue weighted by molar-refractivity contribution is -0.892. The Bertz CT molecular complexity index is 539. The number of esters is 1. The van der Waals surface area contributed by atoms with Gasteiger partial charge in [0.2, 0.25) is 0 Å². The molecule has 7 heteroatoms. The van der Waals surface area contributed by atoms with Gasteiger partial charge in [-0.15, -0.1) is 0 Å². The van der Waals surface area contributed by atoms with Gasteiger partial charge >= 0.3 is 5.97 Å². The average molecular weight is 336 g/mol. The van der Waals surface area contributed by atoms with Crippen LogP contribution in [-0.2, 0) is 14.3 Å². The molecule has 132 valence electrons. The summed E-state index contributed by atoms with van der Waals surface area (Å²) in [6.45, 7) is 4.53. The maximum atomic E-state index is 11.9. The molecule has 0 aliphatic carbocycles. The van der Waals surface area contributed by atoms with E-state index in [1.807, 2.05) is 12.1 Å². The third-order valence-corrected chi connectivity index (χ3v) is 4.20. The Kier molecular flexibility index (Phi) is 6.87. The second kappa shape index (κ2) is 9.12. The number of nitrogens with one attached hydrogen (secondary N) is 2. The van der Waals surface area contributed by atoms with E-state index in [2.05, 4.69) is 15.0 Å². The SMILES string of the molecule is COC(=O)CCCNC(=O)C[NH+]1CCN(c2ccc(O)cc2)CC1. The molecule has 24 heavy (non-hydrogen) atoms. The normalized spacial score (nSPS) is 15.1. The molecule has 0 aromatic heterocycles. The van der Waals surface area contributed by atoms with Crippen molar-refractivity contribution in [3.05, 3.63) is 24.3 Å². The van der Waals surface area contributed by atoms with E-state index in [-0.39, 0.29) is 17.6 Å². The largest absolute Gasteiger partial charge is 0.508 e. The second-order valence-corrected chi connectivity index (χ2v) is 5.96. The van der Waals surface area contributed by atoms with Crippen LogP contribution >= 0.6 is 0 Å². The molecule has 1 saturated heterocycles. The van der Waals surface area contributed by atoms with Crippen LogP contribution in [0.5, 0.6) is 5.75 Å². The van der Waals surface area contributed by atoms with E-state index in [9.17, 15) is 14.7 Å². The molecule has 2 rings (SSSR count). The van der Waals surface area contributed by atoms with E-state index < -0.39 is 0 Å². The number of piperazine rings is 1. The average Bonchev–Trinajstić information content (AvgIpc) is 2.60. The van der Waals surface area contributed by atoms with Crippen LogP contribution in [-0.4, -0.2) is 63.4 Å². The first-order valence-electron chi connectivity index (χ1n) is 8.29. The number of aromatic hydroxyl groups is 1. The highest BCUT2D eigenvalue weighted by molar-refractivity contribution is 5.76. The van der Waals surface area contributed by atoms with Gasteiger partial charge in [0.1, 0.15) is 5.75 Å². The minimum absolute atomic E-state index is 0.0212. The monoisotopic (exact) mass is 336 g/mol. The molecular formula is C17H26N3O4+. The van der Waals surface area contributed by atoms with Crippen LogP contribution in [0.25, 0.3) is 0 Å². The van der Waals surface area contributed by atoms with Crippen LogP contribution in [0.15, 0.2) is 24.3 Å². The van der Waals surface area contributed by atoms with Crippen molar-refractivity contribution < 1.29 is 24.3 Å². The van der Waals surface area contributed by atoms with Crippen LogP contribution in [0.4, 0.5) is 5.69 Å². The van der Waals surface area contributed by atoms with Crippen LogP contribution in [0, 0.1) is 0 Å². The predicted molar refractivity (Wildman–Crippen MR) is 90.1 cm³/mol. The fourth-order valence-corrected chi connectivity index (χ4v) is 2.77. The maximum absolute atomic E-state index is 11.9. The van der Waals surface area contributed by atoms with Gasteiger partial charge in [0.15, 0.2) is 6.54 Å². The molecule has 0 spiro atoms. The Morgan fingerprint density at radius 3 is 2.54 bits per heavy atom. The number of methoxy groups -OCH3 is 1. The zero-order chi connectivity index (χ0) is 17.4. The Hall–Kier alpha value is -2.28. The summed E-state index contributed by atoms with van der Waals surface area (Å²) >= 11 is 0. The molecule has 1 aromatic carbocycles. The number of phenolic OH excluding ortho intramolecular Hbond substituents is 1. The van der Waals surface area contributed by atoms with Crippen molar-refractivity contribution in [2.75, 3.05) is 51.3 Å². The third kappa shape index (κ3) is 5.73. The summed E-state index contributed by atoms with van der Waals surface area (Å²) in [6, 6.07) is 7.20. The smallest absolute Gasteiger partial charge is 0.305 e. The van der Waals surface area contributed by atoms with E-state index in [0.717, 1.165) is 31.9 Å². The molecule has 0 bridgehead atoms. The number of rotatable bonds is 7. The first-order chi connectivity index (χ1) is 11.6. The molecule has 3 N–H and O–H groups in total. The zero-order valence-corrected chi connectivity index (χ0v) is 14.1. The van der Waals surface area contributed by atoms with Gasteiger partial charge < -0.3 is 25.0 Å². The van der Waals surface area contributed by atoms with Crippen molar-refractivity contribution in [2.45, 2.75) is 12.8 Å². The van der Waals surface area contributed by atoms with E-state index in [4.69, 9.17) is 0 Å². The van der Waals surface area contributed by atoms with E-state index in [1.165, 1.54) is 12.0 Å². The molecule has 0 saturated carbocycles. The van der Waals surface area contributed by atoms with E-state index in [0.29, 0.717) is 25.9 Å². The van der Waals surface area contributed by atoms with Crippen LogP contribution in [0.3, 0.4) is 0 Å². The number of phenols is 1. The molecule has 7 nitrogen and oxygen atoms in total. The number of hydrogen-bond donors (Lipinski definition) is 3. The summed E-state index contributed by atoms with van der Waals surface area (Å²) in [4.78, 5) is 26.4. The van der Waals surface area contributed by atoms with Gasteiger partial charge in [-0.3, -0.25) is 9.59 Å². The Morgan fingerprint density at radius 1 is 1.25 bits per heavy atom. The highest BCUT2D eigenvalue weighted by Crippen LogP contribution is 2.17. The van der Waals surface area contributed by atoms with Crippen LogP contribution in [0.1, 0.15) is 12.8 Å². The summed E-state index contributed by atoms with van der Waals surface area (Å²) in [7, 11) is 1.36. The number of benzene rings is 1. The van der Waals surface area contributed by atoms with Crippen LogP contribution in [0.2, 0.25) is 0 Å². The van der Waals surface area contributed by atoms with Crippen molar-refractivity contribution in [3.63, 3.8) is 0 Å². The minimum atomic E-state index is -0.250. The van der Waals surface area contributed by atoms with Gasteiger partial charge in [-0.25, -0.2) is 0 Å². The molecule has 0 atom stereocenters. The summed E-state index contributed by atoms with van der Waals surface area (Å²) < 4.78 is 4.56. The summed E-state index contributed by atoms with van der Waals surface area (Å²) in [5.74, 6) is 0.0417. The predicted octanol–water partition coefficient (Wildman–Crippen LogP) is -0.833. The molecule has 0 unspecified atom stereocenters. The van der Waals surface area contributed by atoms with E-state index in [1.54, 1.807) is 12.1 Å². The quantitative estimate of drug-likeness (QED) is 0.447. The van der Waals surface area contributed by atoms with Crippen molar-refractivity contribution in [1.82, 2.24) is 5.32 Å². The van der Waals surface area contributed by atoms with Crippen molar-refractivity contribution in [2.24, 2.45) is 0 Å². The molecule has 0 radical (unpaired) electrons. The number of nitrogens with zero attached hydrogens (tertiary/aromatic N) is 1. The van der Waals surface area contributed by atoms with Gasteiger partial charge in [-0.2, -0.15) is 0 Å². The van der Waals surface area contributed by atoms with E-state index >= 15 is 0 Å². The Balaban J connectivity index is 1.64. The number of carbonyl (C=O) groups is 2. The standard InChI is InChI=1S/C17H25N3O4/c1-24-17(23)3-2-8-18-16(22)13-19-9-11-20(12-10-19)14-4-6-15(21)7-5-14/h4-7,21H,2-3,8-13H2,1H3,(H,18,22)/p+1. The lowest BCUT2D eigenvalue weighted by atomic mass is 10.2. The van der Waals surface area contributed by atoms with Crippen molar-refractivity contribution >= 4 is 17.6 Å². The Labute approximate surface area is 142 Å². The summed E-state index contributed by atoms with van der Waals surface area (Å²) in [5, 5.41) is 12.2. The molecule has 1 aliphatic heterocycles. The lowest BCUT2D eigenvalue weighted by Crippen LogP contribution is -3.15. The summed E-state index contributed by atoms with van der Waals surface area (Å²) in [6.07, 6.45) is 0.928. The third-order valence-electron chi connectivity index (χ3n) is 4.20. The molecular weight excluding hydrogens is 310 g/mol. The molecule has 1 heterocycles. The lowest BCUT2D eigenvalue weighted by Gasteiger charge is -2.33. The fraction of sp³-hybridized carbons (Fsp3) is 0.529. The Morgan fingerprint density at radius 2 is 1.92 bits per heavy atom. The molecule has 1 amide bonds. The van der Waals surface area contributed by atoms with Gasteiger partial charge in [0.05, 0.1) is 33.3 Å². The van der Waals surface area contributed by atoms with Gasteiger partial charge in [-0.05, 0) is 30.7 Å².